The van der Waals surface area contributed by atoms with E-state index in [1.807, 2.05) is 26.5 Å². The van der Waals surface area contributed by atoms with Crippen molar-refractivity contribution in [3.05, 3.63) is 28.3 Å². The van der Waals surface area contributed by atoms with Gasteiger partial charge in [0.1, 0.15) is 0 Å². The molecule has 0 saturated carbocycles. The number of hydrogen-bond acceptors (Lipinski definition) is 4. The Balaban J connectivity index is 2.42. The predicted molar refractivity (Wildman–Crippen MR) is 67.4 cm³/mol. The molecule has 7 heteroatoms. The maximum atomic E-state index is 4.20. The van der Waals surface area contributed by atoms with Crippen LogP contribution in [0.25, 0.3) is 0 Å². The maximum absolute atomic E-state index is 4.20. The number of halogens is 1. The molecule has 0 bridgehead atoms. The van der Waals surface area contributed by atoms with Gasteiger partial charge in [0.05, 0.1) is 17.9 Å². The second kappa shape index (κ2) is 4.97. The molecule has 2 rings (SSSR count). The third-order valence-corrected chi connectivity index (χ3v) is 3.13. The number of aryl methyl sites for hydroxylation is 2. The van der Waals surface area contributed by atoms with Crippen molar-refractivity contribution in [1.29, 1.82) is 0 Å². The molecule has 0 spiro atoms. The van der Waals surface area contributed by atoms with E-state index >= 15 is 0 Å². The van der Waals surface area contributed by atoms with Crippen LogP contribution in [0.4, 0.5) is 0 Å². The van der Waals surface area contributed by atoms with Crippen LogP contribution in [0.3, 0.4) is 0 Å². The van der Waals surface area contributed by atoms with Gasteiger partial charge in [0, 0.05) is 25.9 Å². The fraction of sp³-hybridized carbons (Fsp3) is 0.500. The maximum Gasteiger partial charge on any atom is 0.153 e. The normalized spacial score (nSPS) is 12.9. The van der Waals surface area contributed by atoms with Gasteiger partial charge in [-0.25, -0.2) is 4.68 Å². The highest BCUT2D eigenvalue weighted by Crippen LogP contribution is 2.26. The molecule has 1 unspecified atom stereocenters. The average Bonchev–Trinajstić information content (AvgIpc) is 2.84. The van der Waals surface area contributed by atoms with E-state index in [-0.39, 0.29) is 6.04 Å². The number of rotatable bonds is 4. The van der Waals surface area contributed by atoms with E-state index in [9.17, 15) is 0 Å². The van der Waals surface area contributed by atoms with Gasteiger partial charge in [-0.2, -0.15) is 5.10 Å². The van der Waals surface area contributed by atoms with Gasteiger partial charge in [-0.3, -0.25) is 4.68 Å². The lowest BCUT2D eigenvalue weighted by Gasteiger charge is -2.16. The minimum absolute atomic E-state index is 0.0445. The standard InChI is InChI=1S/C10H15BrN6/c1-4-12-8(7-5-13-16(2)6-7)9-10(11)14-15-17(9)3/h5-6,8,12H,4H2,1-3H3. The summed E-state index contributed by atoms with van der Waals surface area (Å²) in [5, 5.41) is 15.6. The molecular formula is C10H15BrN6. The molecule has 2 aromatic heterocycles. The van der Waals surface area contributed by atoms with Crippen molar-refractivity contribution >= 4 is 15.9 Å². The third-order valence-electron chi connectivity index (χ3n) is 2.57. The van der Waals surface area contributed by atoms with Crippen molar-refractivity contribution in [2.45, 2.75) is 13.0 Å². The molecule has 0 radical (unpaired) electrons. The van der Waals surface area contributed by atoms with Crippen LogP contribution in [0.5, 0.6) is 0 Å². The van der Waals surface area contributed by atoms with Gasteiger partial charge in [-0.05, 0) is 22.5 Å². The summed E-state index contributed by atoms with van der Waals surface area (Å²) < 4.78 is 4.32. The molecule has 92 valence electrons. The van der Waals surface area contributed by atoms with E-state index in [2.05, 4.69) is 43.6 Å². The molecule has 2 aromatic rings. The van der Waals surface area contributed by atoms with Gasteiger partial charge in [0.2, 0.25) is 0 Å². The summed E-state index contributed by atoms with van der Waals surface area (Å²) in [6, 6.07) is 0.0445. The van der Waals surface area contributed by atoms with Crippen LogP contribution >= 0.6 is 15.9 Å². The van der Waals surface area contributed by atoms with E-state index in [1.165, 1.54) is 0 Å². The van der Waals surface area contributed by atoms with Gasteiger partial charge in [0.25, 0.3) is 0 Å². The first kappa shape index (κ1) is 12.3. The zero-order valence-corrected chi connectivity index (χ0v) is 11.6. The Kier molecular flexibility index (Phi) is 3.58. The Hall–Kier alpha value is -1.21. The second-order valence-corrected chi connectivity index (χ2v) is 4.58. The largest absolute Gasteiger partial charge is 0.305 e. The Bertz CT molecular complexity index is 483. The predicted octanol–water partition coefficient (Wildman–Crippen LogP) is 1.01. The topological polar surface area (TPSA) is 60.6 Å². The molecule has 0 aliphatic heterocycles. The van der Waals surface area contributed by atoms with Gasteiger partial charge in [-0.15, -0.1) is 5.10 Å². The molecule has 0 amide bonds. The van der Waals surface area contributed by atoms with Crippen LogP contribution < -0.4 is 5.32 Å². The second-order valence-electron chi connectivity index (χ2n) is 3.83. The summed E-state index contributed by atoms with van der Waals surface area (Å²) >= 11 is 3.43. The molecular weight excluding hydrogens is 284 g/mol. The molecule has 0 aliphatic rings. The van der Waals surface area contributed by atoms with Crippen LogP contribution in [-0.4, -0.2) is 31.3 Å². The number of nitrogens with zero attached hydrogens (tertiary/aromatic N) is 5. The molecule has 2 heterocycles. The van der Waals surface area contributed by atoms with Gasteiger partial charge >= 0.3 is 0 Å². The van der Waals surface area contributed by atoms with E-state index in [4.69, 9.17) is 0 Å². The van der Waals surface area contributed by atoms with Gasteiger partial charge in [-0.1, -0.05) is 12.1 Å². The van der Waals surface area contributed by atoms with Gasteiger partial charge in [0.15, 0.2) is 4.60 Å². The highest BCUT2D eigenvalue weighted by molar-refractivity contribution is 9.10. The Labute approximate surface area is 108 Å². The summed E-state index contributed by atoms with van der Waals surface area (Å²) in [5.41, 5.74) is 2.10. The van der Waals surface area contributed by atoms with E-state index < -0.39 is 0 Å². The fourth-order valence-electron chi connectivity index (χ4n) is 1.81. The summed E-state index contributed by atoms with van der Waals surface area (Å²) in [4.78, 5) is 0. The van der Waals surface area contributed by atoms with E-state index in [0.717, 1.165) is 22.4 Å². The van der Waals surface area contributed by atoms with Crippen molar-refractivity contribution in [3.8, 4) is 0 Å². The van der Waals surface area contributed by atoms with Crippen molar-refractivity contribution in [2.24, 2.45) is 14.1 Å². The first-order chi connectivity index (χ1) is 8.13. The average molecular weight is 299 g/mol. The van der Waals surface area contributed by atoms with E-state index in [1.54, 1.807) is 9.36 Å². The highest BCUT2D eigenvalue weighted by Gasteiger charge is 2.22. The lowest BCUT2D eigenvalue weighted by atomic mass is 10.1. The van der Waals surface area contributed by atoms with Crippen LogP contribution in [0.2, 0.25) is 0 Å². The zero-order valence-electron chi connectivity index (χ0n) is 10.1. The molecule has 1 atom stereocenters. The monoisotopic (exact) mass is 298 g/mol. The van der Waals surface area contributed by atoms with Crippen molar-refractivity contribution < 1.29 is 0 Å². The molecule has 0 aromatic carbocycles. The lowest BCUT2D eigenvalue weighted by molar-refractivity contribution is 0.566. The summed E-state index contributed by atoms with van der Waals surface area (Å²) in [5.74, 6) is 0. The summed E-state index contributed by atoms with van der Waals surface area (Å²) in [6.07, 6.45) is 3.85. The van der Waals surface area contributed by atoms with E-state index in [0.29, 0.717) is 0 Å². The number of aromatic nitrogens is 5. The summed E-state index contributed by atoms with van der Waals surface area (Å²) in [7, 11) is 3.79. The zero-order chi connectivity index (χ0) is 12.4. The smallest absolute Gasteiger partial charge is 0.153 e. The molecule has 0 aliphatic carbocycles. The van der Waals surface area contributed by atoms with Crippen LogP contribution in [0.1, 0.15) is 24.2 Å². The highest BCUT2D eigenvalue weighted by atomic mass is 79.9. The first-order valence-electron chi connectivity index (χ1n) is 5.40. The molecule has 0 fully saturated rings. The third kappa shape index (κ3) is 2.39. The SMILES string of the molecule is CCNC(c1cnn(C)c1)c1c(Br)nnn1C. The molecule has 1 N–H and O–H groups in total. The minimum Gasteiger partial charge on any atom is -0.305 e. The van der Waals surface area contributed by atoms with Crippen LogP contribution in [0.15, 0.2) is 17.0 Å². The lowest BCUT2D eigenvalue weighted by Crippen LogP contribution is -2.24. The van der Waals surface area contributed by atoms with Crippen molar-refractivity contribution in [2.75, 3.05) is 6.54 Å². The fourth-order valence-corrected chi connectivity index (χ4v) is 2.37. The molecule has 6 nitrogen and oxygen atoms in total. The van der Waals surface area contributed by atoms with Crippen molar-refractivity contribution in [1.82, 2.24) is 30.1 Å². The Morgan fingerprint density at radius 2 is 2.24 bits per heavy atom. The minimum atomic E-state index is 0.0445. The molecule has 17 heavy (non-hydrogen) atoms. The van der Waals surface area contributed by atoms with Crippen molar-refractivity contribution in [3.63, 3.8) is 0 Å². The van der Waals surface area contributed by atoms with Crippen LogP contribution in [0, 0.1) is 0 Å². The quantitative estimate of drug-likeness (QED) is 0.915. The summed E-state index contributed by atoms with van der Waals surface area (Å²) in [6.45, 7) is 2.93. The molecule has 0 saturated heterocycles. The van der Waals surface area contributed by atoms with Gasteiger partial charge < -0.3 is 5.32 Å². The number of nitrogens with one attached hydrogen (secondary N) is 1. The Morgan fingerprint density at radius 3 is 2.71 bits per heavy atom. The van der Waals surface area contributed by atoms with Crippen LogP contribution in [-0.2, 0) is 14.1 Å². The first-order valence-corrected chi connectivity index (χ1v) is 6.19. The Morgan fingerprint density at radius 1 is 1.47 bits per heavy atom. The number of hydrogen-bond donors (Lipinski definition) is 1.